The quantitative estimate of drug-likeness (QED) is 0.211. The van der Waals surface area contributed by atoms with Gasteiger partial charge < -0.3 is 20.7 Å². The molecular formula is C19H31IN4O2. The van der Waals surface area contributed by atoms with Crippen molar-refractivity contribution in [2.45, 2.75) is 39.8 Å². The van der Waals surface area contributed by atoms with Crippen molar-refractivity contribution in [3.63, 3.8) is 0 Å². The highest BCUT2D eigenvalue weighted by atomic mass is 127. The smallest absolute Gasteiger partial charge is 0.223 e. The van der Waals surface area contributed by atoms with Crippen LogP contribution in [-0.4, -0.2) is 38.1 Å². The minimum absolute atomic E-state index is 0. The van der Waals surface area contributed by atoms with E-state index in [1.54, 1.807) is 0 Å². The largest absolute Gasteiger partial charge is 0.377 e. The fourth-order valence-electron chi connectivity index (χ4n) is 2.33. The molecule has 0 heterocycles. The third-order valence-electron chi connectivity index (χ3n) is 3.92. The number of carbonyl (C=O) groups is 1. The molecule has 1 aliphatic carbocycles. The summed E-state index contributed by atoms with van der Waals surface area (Å²) in [4.78, 5) is 16.2. The Morgan fingerprint density at radius 1 is 1.08 bits per heavy atom. The Balaban J connectivity index is 0.00000338. The molecule has 0 radical (unpaired) electrons. The third-order valence-corrected chi connectivity index (χ3v) is 3.92. The van der Waals surface area contributed by atoms with Crippen LogP contribution in [-0.2, 0) is 22.7 Å². The molecule has 6 nitrogen and oxygen atoms in total. The van der Waals surface area contributed by atoms with Crippen molar-refractivity contribution in [1.29, 1.82) is 0 Å². The maximum absolute atomic E-state index is 11.6. The predicted octanol–water partition coefficient (Wildman–Crippen LogP) is 2.42. The van der Waals surface area contributed by atoms with Crippen LogP contribution in [0.4, 0.5) is 0 Å². The van der Waals surface area contributed by atoms with Gasteiger partial charge in [0.25, 0.3) is 0 Å². The number of nitrogens with one attached hydrogen (secondary N) is 3. The number of amides is 1. The highest BCUT2D eigenvalue weighted by molar-refractivity contribution is 14.0. The van der Waals surface area contributed by atoms with Gasteiger partial charge in [-0.05, 0) is 37.8 Å². The molecule has 26 heavy (non-hydrogen) atoms. The molecule has 0 unspecified atom stereocenters. The molecule has 1 fully saturated rings. The van der Waals surface area contributed by atoms with Crippen LogP contribution in [0.15, 0.2) is 29.3 Å². The van der Waals surface area contributed by atoms with Crippen LogP contribution in [0, 0.1) is 5.92 Å². The van der Waals surface area contributed by atoms with Crippen LogP contribution < -0.4 is 16.0 Å². The number of halogens is 1. The van der Waals surface area contributed by atoms with Crippen molar-refractivity contribution in [3.05, 3.63) is 35.4 Å². The first-order valence-electron chi connectivity index (χ1n) is 9.18. The van der Waals surface area contributed by atoms with Crippen LogP contribution in [0.5, 0.6) is 0 Å². The van der Waals surface area contributed by atoms with Crippen molar-refractivity contribution in [2.24, 2.45) is 10.9 Å². The molecular weight excluding hydrogens is 443 g/mol. The summed E-state index contributed by atoms with van der Waals surface area (Å²) in [6.07, 6.45) is 2.07. The number of carbonyl (C=O) groups excluding carboxylic acids is 1. The molecule has 0 saturated heterocycles. The van der Waals surface area contributed by atoms with Crippen LogP contribution in [0.1, 0.15) is 37.8 Å². The molecule has 1 aliphatic rings. The lowest BCUT2D eigenvalue weighted by Gasteiger charge is -2.12. The molecule has 1 aromatic rings. The van der Waals surface area contributed by atoms with Crippen LogP contribution in [0.3, 0.4) is 0 Å². The van der Waals surface area contributed by atoms with Crippen LogP contribution in [0.2, 0.25) is 0 Å². The van der Waals surface area contributed by atoms with Gasteiger partial charge in [0.05, 0.1) is 13.2 Å². The summed E-state index contributed by atoms with van der Waals surface area (Å²) in [7, 11) is 0. The predicted molar refractivity (Wildman–Crippen MR) is 116 cm³/mol. The van der Waals surface area contributed by atoms with Crippen molar-refractivity contribution in [3.8, 4) is 0 Å². The molecule has 1 aromatic carbocycles. The second-order valence-electron chi connectivity index (χ2n) is 6.14. The summed E-state index contributed by atoms with van der Waals surface area (Å²) in [6, 6.07) is 8.32. The fraction of sp³-hybridized carbons (Fsp3) is 0.579. The highest BCUT2D eigenvalue weighted by Gasteiger charge is 2.28. The van der Waals surface area contributed by atoms with Gasteiger partial charge in [-0.15, -0.1) is 24.0 Å². The lowest BCUT2D eigenvalue weighted by molar-refractivity contribution is -0.122. The summed E-state index contributed by atoms with van der Waals surface area (Å²) in [5, 5.41) is 9.41. The summed E-state index contributed by atoms with van der Waals surface area (Å²) in [5.74, 6) is 1.20. The Morgan fingerprint density at radius 3 is 2.35 bits per heavy atom. The molecule has 2 rings (SSSR count). The SMILES string of the molecule is CCNC(=NCc1ccc(COCC)cc1)NCCNC(=O)C1CC1.I. The lowest BCUT2D eigenvalue weighted by atomic mass is 10.1. The number of guanidine groups is 1. The molecule has 1 saturated carbocycles. The van der Waals surface area contributed by atoms with E-state index in [9.17, 15) is 4.79 Å². The van der Waals surface area contributed by atoms with Gasteiger partial charge in [0.2, 0.25) is 5.91 Å². The Labute approximate surface area is 173 Å². The molecule has 1 amide bonds. The number of aliphatic imine (C=N–C) groups is 1. The molecule has 146 valence electrons. The van der Waals surface area contributed by atoms with Gasteiger partial charge >= 0.3 is 0 Å². The van der Waals surface area contributed by atoms with Gasteiger partial charge in [-0.3, -0.25) is 4.79 Å². The third kappa shape index (κ3) is 8.84. The monoisotopic (exact) mass is 474 g/mol. The minimum atomic E-state index is 0. The van der Waals surface area contributed by atoms with Crippen LogP contribution >= 0.6 is 24.0 Å². The van der Waals surface area contributed by atoms with E-state index in [0.717, 1.165) is 37.5 Å². The van der Waals surface area contributed by atoms with Crippen molar-refractivity contribution < 1.29 is 9.53 Å². The van der Waals surface area contributed by atoms with E-state index in [0.29, 0.717) is 26.2 Å². The van der Waals surface area contributed by atoms with E-state index in [2.05, 4.69) is 45.2 Å². The number of hydrogen-bond acceptors (Lipinski definition) is 3. The van der Waals surface area contributed by atoms with E-state index in [-0.39, 0.29) is 35.8 Å². The topological polar surface area (TPSA) is 74.8 Å². The molecule has 0 aromatic heterocycles. The molecule has 7 heteroatoms. The second-order valence-corrected chi connectivity index (χ2v) is 6.14. The summed E-state index contributed by atoms with van der Waals surface area (Å²) in [6.45, 7) is 8.10. The van der Waals surface area contributed by atoms with Crippen molar-refractivity contribution in [1.82, 2.24) is 16.0 Å². The zero-order valence-electron chi connectivity index (χ0n) is 15.7. The second kappa shape index (κ2) is 12.9. The Hall–Kier alpha value is -1.35. The van der Waals surface area contributed by atoms with Crippen molar-refractivity contribution >= 4 is 35.8 Å². The molecule has 0 aliphatic heterocycles. The number of ether oxygens (including phenoxy) is 1. The van der Waals surface area contributed by atoms with Gasteiger partial charge in [-0.25, -0.2) is 4.99 Å². The van der Waals surface area contributed by atoms with Gasteiger partial charge in [-0.1, -0.05) is 24.3 Å². The van der Waals surface area contributed by atoms with E-state index in [4.69, 9.17) is 4.74 Å². The molecule has 0 atom stereocenters. The van der Waals surface area contributed by atoms with Gasteiger partial charge in [-0.2, -0.15) is 0 Å². The van der Waals surface area contributed by atoms with E-state index in [1.165, 1.54) is 5.56 Å². The average Bonchev–Trinajstić information content (AvgIpc) is 3.47. The van der Waals surface area contributed by atoms with E-state index in [1.807, 2.05) is 13.8 Å². The van der Waals surface area contributed by atoms with E-state index < -0.39 is 0 Å². The maximum atomic E-state index is 11.6. The summed E-state index contributed by atoms with van der Waals surface area (Å²) < 4.78 is 5.40. The maximum Gasteiger partial charge on any atom is 0.223 e. The zero-order valence-corrected chi connectivity index (χ0v) is 18.0. The van der Waals surface area contributed by atoms with Gasteiger partial charge in [0, 0.05) is 32.2 Å². The fourth-order valence-corrected chi connectivity index (χ4v) is 2.33. The van der Waals surface area contributed by atoms with Gasteiger partial charge in [0.1, 0.15) is 0 Å². The number of benzene rings is 1. The number of nitrogens with zero attached hydrogens (tertiary/aromatic N) is 1. The molecule has 3 N–H and O–H groups in total. The van der Waals surface area contributed by atoms with Crippen molar-refractivity contribution in [2.75, 3.05) is 26.2 Å². The highest BCUT2D eigenvalue weighted by Crippen LogP contribution is 2.28. The Kier molecular flexibility index (Phi) is 11.3. The van der Waals surface area contributed by atoms with Gasteiger partial charge in [0.15, 0.2) is 5.96 Å². The molecule has 0 bridgehead atoms. The normalized spacial score (nSPS) is 13.7. The average molecular weight is 474 g/mol. The lowest BCUT2D eigenvalue weighted by Crippen LogP contribution is -2.41. The molecule has 0 spiro atoms. The zero-order chi connectivity index (χ0) is 17.9. The first-order valence-corrected chi connectivity index (χ1v) is 9.18. The van der Waals surface area contributed by atoms with Crippen LogP contribution in [0.25, 0.3) is 0 Å². The Bertz CT molecular complexity index is 559. The van der Waals surface area contributed by atoms with E-state index >= 15 is 0 Å². The standard InChI is InChI=1S/C19H30N4O2.HI/c1-3-20-19(22-12-11-21-18(24)17-9-10-17)23-13-15-5-7-16(8-6-15)14-25-4-2;/h5-8,17H,3-4,9-14H2,1-2H3,(H,21,24)(H2,20,22,23);1H. The Morgan fingerprint density at radius 2 is 1.73 bits per heavy atom. The number of rotatable bonds is 10. The minimum Gasteiger partial charge on any atom is -0.377 e. The first-order chi connectivity index (χ1) is 12.2. The summed E-state index contributed by atoms with van der Waals surface area (Å²) in [5.41, 5.74) is 2.32. The first kappa shape index (κ1) is 22.7. The summed E-state index contributed by atoms with van der Waals surface area (Å²) >= 11 is 0. The number of hydrogen-bond donors (Lipinski definition) is 3.